The summed E-state index contributed by atoms with van der Waals surface area (Å²) in [4.78, 5) is 49.6. The molecule has 3 amide bonds. The zero-order valence-electron chi connectivity index (χ0n) is 21.9. The Balaban J connectivity index is 1.34. The van der Waals surface area contributed by atoms with Crippen molar-refractivity contribution in [1.82, 2.24) is 14.9 Å². The van der Waals surface area contributed by atoms with Gasteiger partial charge in [0.05, 0.1) is 12.3 Å². The molecule has 12 nitrogen and oxygen atoms in total. The average molecular weight is 535 g/mol. The summed E-state index contributed by atoms with van der Waals surface area (Å²) in [7, 11) is 3.13. The molecule has 5 rings (SSSR count). The van der Waals surface area contributed by atoms with Crippen molar-refractivity contribution in [2.45, 2.75) is 57.0 Å². The minimum atomic E-state index is -0.466. The van der Waals surface area contributed by atoms with E-state index in [4.69, 9.17) is 14.2 Å². The average Bonchev–Trinajstić information content (AvgIpc) is 3.29. The number of likely N-dealkylation sites (tertiary alicyclic amines) is 1. The van der Waals surface area contributed by atoms with Crippen molar-refractivity contribution in [2.24, 2.45) is 0 Å². The Hall–Kier alpha value is -4.08. The molecule has 0 aromatic carbocycles. The summed E-state index contributed by atoms with van der Waals surface area (Å²) in [6.45, 7) is 1.19. The molecule has 1 saturated heterocycles. The number of amides is 3. The fourth-order valence-corrected chi connectivity index (χ4v) is 5.15. The van der Waals surface area contributed by atoms with Gasteiger partial charge in [0, 0.05) is 51.9 Å². The zero-order valence-corrected chi connectivity index (χ0v) is 21.9. The van der Waals surface area contributed by atoms with E-state index in [0.717, 1.165) is 18.4 Å². The van der Waals surface area contributed by atoms with Crippen molar-refractivity contribution < 1.29 is 28.6 Å². The molecule has 39 heavy (non-hydrogen) atoms. The molecule has 204 valence electrons. The number of nitriles is 1. The number of ether oxygens (including phenoxy) is 3. The summed E-state index contributed by atoms with van der Waals surface area (Å²) in [5.41, 5.74) is 1.90. The number of urea groups is 1. The van der Waals surface area contributed by atoms with Gasteiger partial charge < -0.3 is 19.1 Å². The SMILES string of the molecule is COC1CCN(Cc2cc3c(nc2C=O)N(C(=O)Nc2cc(O[C@H]4CC[C@H]4OC)c(C#N)cn2)CCC3)C1=O. The first kappa shape index (κ1) is 26.5. The Morgan fingerprint density at radius 3 is 2.69 bits per heavy atom. The van der Waals surface area contributed by atoms with Crippen molar-refractivity contribution in [3.8, 4) is 11.8 Å². The highest BCUT2D eigenvalue weighted by atomic mass is 16.5. The van der Waals surface area contributed by atoms with Crippen LogP contribution in [-0.4, -0.2) is 78.7 Å². The highest BCUT2D eigenvalue weighted by molar-refractivity contribution is 6.01. The van der Waals surface area contributed by atoms with Gasteiger partial charge in [0.25, 0.3) is 5.91 Å². The number of anilines is 2. The molecule has 0 spiro atoms. The molecule has 2 aromatic heterocycles. The molecular formula is C27H30N6O6. The van der Waals surface area contributed by atoms with Crippen molar-refractivity contribution in [3.05, 3.63) is 40.7 Å². The van der Waals surface area contributed by atoms with E-state index in [9.17, 15) is 19.6 Å². The minimum absolute atomic E-state index is 0.0411. The van der Waals surface area contributed by atoms with E-state index >= 15 is 0 Å². The monoisotopic (exact) mass is 534 g/mol. The fraction of sp³-hybridized carbons (Fsp3) is 0.481. The summed E-state index contributed by atoms with van der Waals surface area (Å²) >= 11 is 0. The smallest absolute Gasteiger partial charge is 0.328 e. The second kappa shape index (κ2) is 11.3. The summed E-state index contributed by atoms with van der Waals surface area (Å²) in [6.07, 6.45) is 5.00. The van der Waals surface area contributed by atoms with Gasteiger partial charge in [-0.05, 0) is 37.3 Å². The number of aldehydes is 1. The second-order valence-electron chi connectivity index (χ2n) is 9.78. The predicted octanol–water partition coefficient (Wildman–Crippen LogP) is 2.45. The Bertz CT molecular complexity index is 1320. The molecular weight excluding hydrogens is 504 g/mol. The van der Waals surface area contributed by atoms with Crippen LogP contribution in [0.3, 0.4) is 0 Å². The van der Waals surface area contributed by atoms with Crippen molar-refractivity contribution in [1.29, 1.82) is 5.26 Å². The maximum absolute atomic E-state index is 13.3. The lowest BCUT2D eigenvalue weighted by molar-refractivity contribution is -0.136. The molecule has 3 aliphatic rings. The quantitative estimate of drug-likeness (QED) is 0.504. The van der Waals surface area contributed by atoms with Gasteiger partial charge in [-0.2, -0.15) is 5.26 Å². The summed E-state index contributed by atoms with van der Waals surface area (Å²) in [6, 6.07) is 4.98. The second-order valence-corrected chi connectivity index (χ2v) is 9.78. The van der Waals surface area contributed by atoms with Crippen LogP contribution in [0.25, 0.3) is 0 Å². The van der Waals surface area contributed by atoms with Crippen molar-refractivity contribution in [3.63, 3.8) is 0 Å². The molecule has 4 heterocycles. The Morgan fingerprint density at radius 1 is 1.21 bits per heavy atom. The summed E-state index contributed by atoms with van der Waals surface area (Å²) in [5.74, 6) is 0.838. The van der Waals surface area contributed by atoms with E-state index in [2.05, 4.69) is 21.4 Å². The number of aryl methyl sites for hydroxylation is 1. The van der Waals surface area contributed by atoms with Crippen LogP contribution >= 0.6 is 0 Å². The molecule has 2 aliphatic heterocycles. The number of fused-ring (bicyclic) bond motifs is 1. The molecule has 1 unspecified atom stereocenters. The van der Waals surface area contributed by atoms with Gasteiger partial charge in [-0.3, -0.25) is 19.8 Å². The Labute approximate surface area is 225 Å². The van der Waals surface area contributed by atoms with E-state index in [-0.39, 0.29) is 41.7 Å². The van der Waals surface area contributed by atoms with Crippen LogP contribution in [0.5, 0.6) is 5.75 Å². The lowest BCUT2D eigenvalue weighted by Gasteiger charge is -2.35. The van der Waals surface area contributed by atoms with Crippen LogP contribution in [0, 0.1) is 11.3 Å². The Kier molecular flexibility index (Phi) is 7.72. The largest absolute Gasteiger partial charge is 0.486 e. The number of hydrogen-bond acceptors (Lipinski definition) is 9. The lowest BCUT2D eigenvalue weighted by atomic mass is 9.92. The van der Waals surface area contributed by atoms with Gasteiger partial charge in [0.2, 0.25) is 0 Å². The minimum Gasteiger partial charge on any atom is -0.486 e. The fourth-order valence-electron chi connectivity index (χ4n) is 5.15. The third kappa shape index (κ3) is 5.28. The number of nitrogens with zero attached hydrogens (tertiary/aromatic N) is 5. The summed E-state index contributed by atoms with van der Waals surface area (Å²) in [5, 5.41) is 12.2. The van der Waals surface area contributed by atoms with Crippen molar-refractivity contribution in [2.75, 3.05) is 37.5 Å². The number of methoxy groups -OCH3 is 2. The van der Waals surface area contributed by atoms with Crippen LogP contribution in [0.2, 0.25) is 0 Å². The number of hydrogen-bond donors (Lipinski definition) is 1. The third-order valence-corrected chi connectivity index (χ3v) is 7.48. The number of nitrogens with one attached hydrogen (secondary N) is 1. The van der Waals surface area contributed by atoms with E-state index in [0.29, 0.717) is 55.8 Å². The van der Waals surface area contributed by atoms with E-state index in [1.165, 1.54) is 24.3 Å². The number of pyridine rings is 2. The zero-order chi connectivity index (χ0) is 27.5. The molecule has 1 aliphatic carbocycles. The first-order valence-corrected chi connectivity index (χ1v) is 12.9. The van der Waals surface area contributed by atoms with Crippen LogP contribution in [0.15, 0.2) is 18.3 Å². The first-order valence-electron chi connectivity index (χ1n) is 12.9. The van der Waals surface area contributed by atoms with E-state index in [1.54, 1.807) is 12.0 Å². The van der Waals surface area contributed by atoms with E-state index < -0.39 is 12.1 Å². The third-order valence-electron chi connectivity index (χ3n) is 7.48. The number of carbonyl (C=O) groups excluding carboxylic acids is 3. The molecule has 12 heteroatoms. The van der Waals surface area contributed by atoms with Gasteiger partial charge in [0.1, 0.15) is 46.9 Å². The molecule has 1 N–H and O–H groups in total. The van der Waals surface area contributed by atoms with Crippen LogP contribution in [-0.2, 0) is 27.2 Å². The van der Waals surface area contributed by atoms with E-state index in [1.807, 2.05) is 6.07 Å². The highest BCUT2D eigenvalue weighted by Gasteiger charge is 2.34. The number of rotatable bonds is 8. The van der Waals surface area contributed by atoms with Crippen LogP contribution in [0.1, 0.15) is 52.9 Å². The molecule has 2 aromatic rings. The molecule has 3 atom stereocenters. The van der Waals surface area contributed by atoms with Crippen LogP contribution in [0.4, 0.5) is 16.4 Å². The molecule has 1 saturated carbocycles. The Morgan fingerprint density at radius 2 is 2.03 bits per heavy atom. The van der Waals surface area contributed by atoms with Gasteiger partial charge in [-0.25, -0.2) is 14.8 Å². The maximum Gasteiger partial charge on any atom is 0.328 e. The first-order chi connectivity index (χ1) is 18.9. The maximum atomic E-state index is 13.3. The van der Waals surface area contributed by atoms with Gasteiger partial charge in [-0.1, -0.05) is 0 Å². The molecule has 0 bridgehead atoms. The highest BCUT2D eigenvalue weighted by Crippen LogP contribution is 2.32. The van der Waals surface area contributed by atoms with Gasteiger partial charge in [0.15, 0.2) is 6.29 Å². The number of carbonyl (C=O) groups is 3. The lowest BCUT2D eigenvalue weighted by Crippen LogP contribution is -2.42. The van der Waals surface area contributed by atoms with Gasteiger partial charge >= 0.3 is 6.03 Å². The summed E-state index contributed by atoms with van der Waals surface area (Å²) < 4.78 is 16.6. The van der Waals surface area contributed by atoms with Crippen molar-refractivity contribution >= 4 is 29.9 Å². The topological polar surface area (TPSA) is 147 Å². The van der Waals surface area contributed by atoms with Crippen LogP contribution < -0.4 is 15.0 Å². The number of aromatic nitrogens is 2. The molecule has 0 radical (unpaired) electrons. The normalized spacial score (nSPS) is 22.1. The predicted molar refractivity (Wildman–Crippen MR) is 139 cm³/mol. The van der Waals surface area contributed by atoms with Gasteiger partial charge in [-0.15, -0.1) is 0 Å². The standard InChI is InChI=1S/C27H30N6O6/c1-37-20-5-6-21(20)39-23-11-24(29-13-18(23)12-28)31-27(36)33-8-3-4-16-10-17(19(15-34)30-25(16)33)14-32-9-7-22(38-2)26(32)35/h10-11,13,15,20-22H,3-9,14H2,1-2H3,(H,29,31,36)/t20-,21+,22?/m1/s1. The molecule has 2 fully saturated rings.